The highest BCUT2D eigenvalue weighted by Gasteiger charge is 2.10. The maximum Gasteiger partial charge on any atom is 0.125 e. The van der Waals surface area contributed by atoms with Crippen molar-refractivity contribution in [3.05, 3.63) is 29.6 Å². The molecule has 0 atom stereocenters. The van der Waals surface area contributed by atoms with Gasteiger partial charge in [-0.25, -0.2) is 4.39 Å². The first-order valence-corrected chi connectivity index (χ1v) is 4.46. The highest BCUT2D eigenvalue weighted by Crippen LogP contribution is 2.20. The molecule has 0 aliphatic carbocycles. The van der Waals surface area contributed by atoms with Crippen LogP contribution in [0, 0.1) is 5.82 Å². The summed E-state index contributed by atoms with van der Waals surface area (Å²) in [6.45, 7) is 2.77. The van der Waals surface area contributed by atoms with E-state index in [1.54, 1.807) is 6.07 Å². The van der Waals surface area contributed by atoms with Crippen LogP contribution in [-0.2, 0) is 6.54 Å². The second-order valence-electron chi connectivity index (χ2n) is 3.47. The minimum absolute atomic E-state index is 0.171. The smallest absolute Gasteiger partial charge is 0.125 e. The van der Waals surface area contributed by atoms with Crippen LogP contribution >= 0.6 is 0 Å². The average molecular weight is 180 g/mol. The number of nitrogens with zero attached hydrogens (tertiary/aromatic N) is 1. The Hall–Kier alpha value is -1.09. The standard InChI is InChI=1S/C10H13FN2/c1-13-5-4-12-10-6-9(11)3-2-8(10)7-13/h2-3,6,12H,4-5,7H2,1H3. The molecule has 0 spiro atoms. The van der Waals surface area contributed by atoms with E-state index in [1.165, 1.54) is 11.6 Å². The lowest BCUT2D eigenvalue weighted by Gasteiger charge is -2.11. The number of benzene rings is 1. The Bertz CT molecular complexity index is 312. The molecular formula is C10H13FN2. The quantitative estimate of drug-likeness (QED) is 0.653. The predicted octanol–water partition coefficient (Wildman–Crippen LogP) is 1.68. The van der Waals surface area contributed by atoms with Crippen molar-refractivity contribution in [1.82, 2.24) is 4.90 Å². The molecule has 0 saturated heterocycles. The molecule has 2 nitrogen and oxygen atoms in total. The normalized spacial score (nSPS) is 17.4. The summed E-state index contributed by atoms with van der Waals surface area (Å²) < 4.78 is 12.9. The Labute approximate surface area is 77.4 Å². The lowest BCUT2D eigenvalue weighted by Crippen LogP contribution is -2.20. The SMILES string of the molecule is CN1CCNc2cc(F)ccc2C1. The molecule has 1 heterocycles. The van der Waals surface area contributed by atoms with Crippen molar-refractivity contribution < 1.29 is 4.39 Å². The first-order valence-electron chi connectivity index (χ1n) is 4.46. The van der Waals surface area contributed by atoms with Crippen LogP contribution in [0.15, 0.2) is 18.2 Å². The fourth-order valence-electron chi connectivity index (χ4n) is 1.60. The highest BCUT2D eigenvalue weighted by molar-refractivity contribution is 5.52. The molecule has 0 bridgehead atoms. The van der Waals surface area contributed by atoms with Gasteiger partial charge in [0, 0.05) is 25.3 Å². The fourth-order valence-corrected chi connectivity index (χ4v) is 1.60. The number of anilines is 1. The summed E-state index contributed by atoms with van der Waals surface area (Å²) in [5, 5.41) is 3.21. The average Bonchev–Trinajstić information content (AvgIpc) is 2.25. The van der Waals surface area contributed by atoms with Gasteiger partial charge in [-0.15, -0.1) is 0 Å². The summed E-state index contributed by atoms with van der Waals surface area (Å²) in [7, 11) is 2.07. The van der Waals surface area contributed by atoms with Gasteiger partial charge in [-0.05, 0) is 24.7 Å². The van der Waals surface area contributed by atoms with Crippen LogP contribution in [0.2, 0.25) is 0 Å². The van der Waals surface area contributed by atoms with Crippen LogP contribution in [0.5, 0.6) is 0 Å². The number of fused-ring (bicyclic) bond motifs is 1. The summed E-state index contributed by atoms with van der Waals surface area (Å²) in [5.74, 6) is -0.171. The summed E-state index contributed by atoms with van der Waals surface area (Å²) in [6.07, 6.45) is 0. The first kappa shape index (κ1) is 8.51. The molecular weight excluding hydrogens is 167 g/mol. The third kappa shape index (κ3) is 1.80. The first-order chi connectivity index (χ1) is 6.25. The van der Waals surface area contributed by atoms with Crippen LogP contribution in [0.1, 0.15) is 5.56 Å². The summed E-state index contributed by atoms with van der Waals surface area (Å²) in [5.41, 5.74) is 2.10. The van der Waals surface area contributed by atoms with Crippen LogP contribution in [0.3, 0.4) is 0 Å². The van der Waals surface area contributed by atoms with E-state index in [9.17, 15) is 4.39 Å². The van der Waals surface area contributed by atoms with Gasteiger partial charge in [0.05, 0.1) is 0 Å². The molecule has 1 aliphatic heterocycles. The number of halogens is 1. The van der Waals surface area contributed by atoms with Gasteiger partial charge in [0.25, 0.3) is 0 Å². The fraction of sp³-hybridized carbons (Fsp3) is 0.400. The van der Waals surface area contributed by atoms with Crippen molar-refractivity contribution in [3.63, 3.8) is 0 Å². The van der Waals surface area contributed by atoms with Gasteiger partial charge in [0.2, 0.25) is 0 Å². The Balaban J connectivity index is 2.34. The van der Waals surface area contributed by atoms with E-state index in [2.05, 4.69) is 17.3 Å². The second kappa shape index (κ2) is 3.34. The van der Waals surface area contributed by atoms with Gasteiger partial charge in [-0.1, -0.05) is 6.07 Å². The number of hydrogen-bond acceptors (Lipinski definition) is 2. The number of rotatable bonds is 0. The van der Waals surface area contributed by atoms with Crippen molar-refractivity contribution in [2.24, 2.45) is 0 Å². The summed E-state index contributed by atoms with van der Waals surface area (Å²) >= 11 is 0. The van der Waals surface area contributed by atoms with E-state index in [4.69, 9.17) is 0 Å². The lowest BCUT2D eigenvalue weighted by molar-refractivity contribution is 0.346. The van der Waals surface area contributed by atoms with Crippen LogP contribution in [0.25, 0.3) is 0 Å². The third-order valence-electron chi connectivity index (χ3n) is 2.32. The zero-order valence-corrected chi connectivity index (χ0v) is 7.68. The molecule has 2 rings (SSSR count). The molecule has 3 heteroatoms. The third-order valence-corrected chi connectivity index (χ3v) is 2.32. The van der Waals surface area contributed by atoms with Crippen LogP contribution in [0.4, 0.5) is 10.1 Å². The summed E-state index contributed by atoms with van der Waals surface area (Å²) in [4.78, 5) is 2.22. The Morgan fingerprint density at radius 3 is 3.15 bits per heavy atom. The number of nitrogens with one attached hydrogen (secondary N) is 1. The zero-order valence-electron chi connectivity index (χ0n) is 7.68. The molecule has 13 heavy (non-hydrogen) atoms. The maximum absolute atomic E-state index is 12.9. The number of likely N-dealkylation sites (N-methyl/N-ethyl adjacent to an activating group) is 1. The zero-order chi connectivity index (χ0) is 9.26. The predicted molar refractivity (Wildman–Crippen MR) is 51.2 cm³/mol. The topological polar surface area (TPSA) is 15.3 Å². The van der Waals surface area contributed by atoms with E-state index >= 15 is 0 Å². The van der Waals surface area contributed by atoms with Crippen LogP contribution < -0.4 is 5.32 Å². The Morgan fingerprint density at radius 2 is 2.31 bits per heavy atom. The highest BCUT2D eigenvalue weighted by atomic mass is 19.1. The molecule has 1 aromatic rings. The Morgan fingerprint density at radius 1 is 1.46 bits per heavy atom. The van der Waals surface area contributed by atoms with Crippen molar-refractivity contribution in [2.75, 3.05) is 25.5 Å². The molecule has 1 aliphatic rings. The monoisotopic (exact) mass is 180 g/mol. The van der Waals surface area contributed by atoms with Gasteiger partial charge >= 0.3 is 0 Å². The second-order valence-corrected chi connectivity index (χ2v) is 3.47. The summed E-state index contributed by atoms with van der Waals surface area (Å²) in [6, 6.07) is 4.92. The molecule has 1 N–H and O–H groups in total. The van der Waals surface area contributed by atoms with E-state index in [0.717, 1.165) is 25.3 Å². The van der Waals surface area contributed by atoms with Crippen LogP contribution in [-0.4, -0.2) is 25.0 Å². The molecule has 1 aromatic carbocycles. The van der Waals surface area contributed by atoms with Crippen molar-refractivity contribution in [3.8, 4) is 0 Å². The van der Waals surface area contributed by atoms with E-state index in [-0.39, 0.29) is 5.82 Å². The van der Waals surface area contributed by atoms with Gasteiger partial charge in [-0.2, -0.15) is 0 Å². The minimum Gasteiger partial charge on any atom is -0.383 e. The molecule has 70 valence electrons. The van der Waals surface area contributed by atoms with Crippen molar-refractivity contribution in [2.45, 2.75) is 6.54 Å². The van der Waals surface area contributed by atoms with Gasteiger partial charge in [0.15, 0.2) is 0 Å². The molecule has 0 saturated carbocycles. The lowest BCUT2D eigenvalue weighted by atomic mass is 10.1. The van der Waals surface area contributed by atoms with E-state index in [0.29, 0.717) is 0 Å². The van der Waals surface area contributed by atoms with Gasteiger partial charge < -0.3 is 10.2 Å². The maximum atomic E-state index is 12.9. The van der Waals surface area contributed by atoms with E-state index < -0.39 is 0 Å². The van der Waals surface area contributed by atoms with Crippen molar-refractivity contribution >= 4 is 5.69 Å². The van der Waals surface area contributed by atoms with Gasteiger partial charge in [-0.3, -0.25) is 0 Å². The van der Waals surface area contributed by atoms with Crippen molar-refractivity contribution in [1.29, 1.82) is 0 Å². The number of hydrogen-bond donors (Lipinski definition) is 1. The van der Waals surface area contributed by atoms with E-state index in [1.807, 2.05) is 6.07 Å². The molecule has 0 radical (unpaired) electrons. The molecule has 0 aromatic heterocycles. The molecule has 0 unspecified atom stereocenters. The molecule has 0 fully saturated rings. The van der Waals surface area contributed by atoms with Gasteiger partial charge in [0.1, 0.15) is 5.82 Å². The molecule has 0 amide bonds. The Kier molecular flexibility index (Phi) is 2.19. The minimum atomic E-state index is -0.171. The largest absolute Gasteiger partial charge is 0.383 e.